The van der Waals surface area contributed by atoms with Crippen molar-refractivity contribution < 1.29 is 40.5 Å². The van der Waals surface area contributed by atoms with Gasteiger partial charge in [-0.3, -0.25) is 0 Å². The Morgan fingerprint density at radius 2 is 1.25 bits per heavy atom. The van der Waals surface area contributed by atoms with E-state index in [-0.39, 0.29) is 35.9 Å². The van der Waals surface area contributed by atoms with E-state index in [0.29, 0.717) is 0 Å². The smallest absolute Gasteiger partial charge is 0.550 e. The van der Waals surface area contributed by atoms with Gasteiger partial charge in [0.05, 0.1) is 0 Å². The van der Waals surface area contributed by atoms with Crippen LogP contribution in [0.3, 0.4) is 0 Å². The topological polar surface area (TPSA) is 17.1 Å². The molecule has 0 heterocycles. The van der Waals surface area contributed by atoms with Crippen molar-refractivity contribution >= 4 is 9.12 Å². The third-order valence-electron chi connectivity index (χ3n) is 0. The largest absolute Gasteiger partial charge is 1.00 e. The molecule has 4 heavy (non-hydrogen) atoms. The molecule has 0 aromatic rings. The summed E-state index contributed by atoms with van der Waals surface area (Å²) in [6.07, 6.45) is 0. The van der Waals surface area contributed by atoms with E-state index < -0.39 is 0 Å². The summed E-state index contributed by atoms with van der Waals surface area (Å²) in [6, 6.07) is 0. The minimum absolute atomic E-state index is 0. The summed E-state index contributed by atoms with van der Waals surface area (Å²) < 4.78 is 7.94. The zero-order chi connectivity index (χ0) is 2.00. The van der Waals surface area contributed by atoms with Gasteiger partial charge in [-0.05, 0) is 0 Å². The van der Waals surface area contributed by atoms with Crippen LogP contribution in [0.5, 0.6) is 0 Å². The Balaban J connectivity index is -0.00000000500. The van der Waals surface area contributed by atoms with E-state index in [9.17, 15) is 0 Å². The second kappa shape index (κ2) is 29.5. The third kappa shape index (κ3) is 10.7. The van der Waals surface area contributed by atoms with Crippen LogP contribution in [0.15, 0.2) is 0 Å². The zero-order valence-electron chi connectivity index (χ0n) is 2.21. The average Bonchev–Trinajstić information content (AvgIpc) is 1.00. The fourth-order valence-electron chi connectivity index (χ4n) is 0. The van der Waals surface area contributed by atoms with Gasteiger partial charge < -0.3 is 13.7 Å². The van der Waals surface area contributed by atoms with Crippen molar-refractivity contribution in [2.45, 2.75) is 0 Å². The molecule has 0 aromatic heterocycles. The Hall–Kier alpha value is 1.22. The maximum Gasteiger partial charge on any atom is 1.00 e. The SMILES string of the molecule is O=[P-].[Fe].[Li+]. The first-order chi connectivity index (χ1) is 1.00. The Kier molecular flexibility index (Phi) is 139. The minimum Gasteiger partial charge on any atom is -0.550 e. The van der Waals surface area contributed by atoms with Gasteiger partial charge in [0.2, 0.25) is 0 Å². The fraction of sp³-hybridized carbons (Fsp3) is 0. The van der Waals surface area contributed by atoms with Crippen molar-refractivity contribution in [1.82, 2.24) is 0 Å². The second-order valence-electron chi connectivity index (χ2n) is 0. The van der Waals surface area contributed by atoms with Crippen LogP contribution in [-0.2, 0) is 21.6 Å². The molecule has 0 fully saturated rings. The summed E-state index contributed by atoms with van der Waals surface area (Å²) in [5.74, 6) is 0. The van der Waals surface area contributed by atoms with E-state index in [1.54, 1.807) is 0 Å². The van der Waals surface area contributed by atoms with E-state index >= 15 is 0 Å². The molecule has 0 unspecified atom stereocenters. The molecule has 1 nitrogen and oxygen atoms in total. The Bertz CT molecular complexity index is 8.00. The van der Waals surface area contributed by atoms with E-state index in [0.717, 1.165) is 0 Å². The van der Waals surface area contributed by atoms with Crippen LogP contribution >= 0.6 is 9.12 Å². The predicted octanol–water partition coefficient (Wildman–Crippen LogP) is -2.26. The Morgan fingerprint density at radius 3 is 1.25 bits per heavy atom. The molecule has 0 radical (unpaired) electrons. The third-order valence-corrected chi connectivity index (χ3v) is 0. The van der Waals surface area contributed by atoms with E-state index in [2.05, 4.69) is 9.12 Å². The molecule has 0 rings (SSSR count). The van der Waals surface area contributed by atoms with Crippen LogP contribution in [0.2, 0.25) is 0 Å². The van der Waals surface area contributed by atoms with Gasteiger partial charge in [0.15, 0.2) is 0 Å². The average molecular weight is 110 g/mol. The monoisotopic (exact) mass is 110 g/mol. The summed E-state index contributed by atoms with van der Waals surface area (Å²) in [6.45, 7) is 0. The van der Waals surface area contributed by atoms with Gasteiger partial charge in [0, 0.05) is 17.1 Å². The fourth-order valence-corrected chi connectivity index (χ4v) is 0. The molecule has 0 aromatic carbocycles. The molecule has 0 bridgehead atoms. The van der Waals surface area contributed by atoms with E-state index in [1.807, 2.05) is 0 Å². The van der Waals surface area contributed by atoms with E-state index in [1.165, 1.54) is 0 Å². The molecular weight excluding hydrogens is 110 g/mol. The zero-order valence-corrected chi connectivity index (χ0v) is 4.21. The normalized spacial score (nSPS) is 1.00. The van der Waals surface area contributed by atoms with Crippen molar-refractivity contribution in [3.8, 4) is 0 Å². The van der Waals surface area contributed by atoms with Gasteiger partial charge in [0.1, 0.15) is 0 Å². The maximum atomic E-state index is 7.94. The molecule has 0 aliphatic rings. The molecule has 0 spiro atoms. The molecular formula is FeLiOP. The molecule has 20 valence electrons. The Labute approximate surface area is 49.8 Å². The van der Waals surface area contributed by atoms with Gasteiger partial charge in [0.25, 0.3) is 0 Å². The van der Waals surface area contributed by atoms with Crippen molar-refractivity contribution in [2.24, 2.45) is 0 Å². The van der Waals surface area contributed by atoms with Crippen LogP contribution in [0.25, 0.3) is 0 Å². The Morgan fingerprint density at radius 1 is 1.25 bits per heavy atom. The standard InChI is InChI=1S/Fe.Li.OP/c;;1-2/q;+1;-1. The minimum atomic E-state index is 0. The molecule has 0 amide bonds. The first-order valence-corrected chi connectivity index (χ1v) is 0.548. The molecule has 0 saturated heterocycles. The predicted molar refractivity (Wildman–Crippen MR) is 7.61 cm³/mol. The number of rotatable bonds is 0. The number of hydrogen-bond acceptors (Lipinski definition) is 1. The molecule has 4 heteroatoms. The van der Waals surface area contributed by atoms with Crippen LogP contribution < -0.4 is 18.9 Å². The number of hydrogen-bond donors (Lipinski definition) is 0. The van der Waals surface area contributed by atoms with Crippen LogP contribution in [0, 0.1) is 0 Å². The van der Waals surface area contributed by atoms with Crippen LogP contribution in [-0.4, -0.2) is 0 Å². The van der Waals surface area contributed by atoms with Gasteiger partial charge in [-0.1, -0.05) is 0 Å². The summed E-state index contributed by atoms with van der Waals surface area (Å²) in [4.78, 5) is 0. The second-order valence-corrected chi connectivity index (χ2v) is 0. The van der Waals surface area contributed by atoms with Gasteiger partial charge in [-0.2, -0.15) is 0 Å². The van der Waals surface area contributed by atoms with Crippen LogP contribution in [0.4, 0.5) is 0 Å². The molecule has 0 aliphatic heterocycles. The van der Waals surface area contributed by atoms with Crippen molar-refractivity contribution in [3.05, 3.63) is 0 Å². The van der Waals surface area contributed by atoms with Crippen molar-refractivity contribution in [1.29, 1.82) is 0 Å². The summed E-state index contributed by atoms with van der Waals surface area (Å²) in [7, 11) is 2.28. The van der Waals surface area contributed by atoms with Gasteiger partial charge in [-0.25, -0.2) is 0 Å². The van der Waals surface area contributed by atoms with Crippen molar-refractivity contribution in [3.63, 3.8) is 0 Å². The first-order valence-electron chi connectivity index (χ1n) is 0.183. The summed E-state index contributed by atoms with van der Waals surface area (Å²) in [5.41, 5.74) is 0. The molecule has 0 saturated carbocycles. The van der Waals surface area contributed by atoms with Gasteiger partial charge in [-0.15, -0.1) is 0 Å². The maximum absolute atomic E-state index is 7.94. The summed E-state index contributed by atoms with van der Waals surface area (Å²) in [5, 5.41) is 0. The van der Waals surface area contributed by atoms with E-state index in [4.69, 9.17) is 4.57 Å². The molecule has 0 aliphatic carbocycles. The first kappa shape index (κ1) is 18.9. The van der Waals surface area contributed by atoms with Crippen LogP contribution in [0.1, 0.15) is 0 Å². The summed E-state index contributed by atoms with van der Waals surface area (Å²) >= 11 is 0. The molecule has 0 N–H and O–H groups in total. The quantitative estimate of drug-likeness (QED) is 0.254. The van der Waals surface area contributed by atoms with Crippen molar-refractivity contribution in [2.75, 3.05) is 0 Å². The van der Waals surface area contributed by atoms with Gasteiger partial charge >= 0.3 is 18.9 Å². The molecule has 0 atom stereocenters.